The molecule has 1 aromatic carbocycles. The molecule has 0 radical (unpaired) electrons. The largest absolute Gasteiger partial charge is 0.491 e. The number of ether oxygens (including phenoxy) is 1. The van der Waals surface area contributed by atoms with Gasteiger partial charge >= 0.3 is 0 Å². The number of nitrogens with zero attached hydrogens (tertiary/aromatic N) is 3. The van der Waals surface area contributed by atoms with Crippen LogP contribution in [0, 0.1) is 0 Å². The Bertz CT molecular complexity index is 910. The number of nitrogens with one attached hydrogen (secondary N) is 1. The van der Waals surface area contributed by atoms with Crippen LogP contribution in [0.25, 0.3) is 11.0 Å². The maximum Gasteiger partial charge on any atom is 0.179 e. The number of aryl methyl sites for hydroxylation is 1. The summed E-state index contributed by atoms with van der Waals surface area (Å²) in [5, 5.41) is 4.76. The Kier molecular flexibility index (Phi) is 4.99. The van der Waals surface area contributed by atoms with Gasteiger partial charge in [-0.15, -0.1) is 0 Å². The van der Waals surface area contributed by atoms with Gasteiger partial charge in [0, 0.05) is 25.0 Å². The number of para-hydroxylation sites is 1. The van der Waals surface area contributed by atoms with E-state index in [0.717, 1.165) is 56.0 Å². The van der Waals surface area contributed by atoms with E-state index in [0.29, 0.717) is 0 Å². The Morgan fingerprint density at radius 2 is 2.22 bits per heavy atom. The van der Waals surface area contributed by atoms with Crippen molar-refractivity contribution in [3.05, 3.63) is 48.6 Å². The van der Waals surface area contributed by atoms with Gasteiger partial charge in [0.15, 0.2) is 11.6 Å². The van der Waals surface area contributed by atoms with Crippen molar-refractivity contribution in [1.29, 1.82) is 0 Å². The van der Waals surface area contributed by atoms with Crippen molar-refractivity contribution in [2.45, 2.75) is 31.7 Å². The third-order valence-electron chi connectivity index (χ3n) is 5.53. The number of fused-ring (bicyclic) bond motifs is 1. The van der Waals surface area contributed by atoms with Crippen molar-refractivity contribution in [3.8, 4) is 5.75 Å². The lowest BCUT2D eigenvalue weighted by Crippen LogP contribution is -2.60. The minimum absolute atomic E-state index is 0.0284. The van der Waals surface area contributed by atoms with Crippen molar-refractivity contribution < 1.29 is 9.15 Å². The average molecular weight is 366 g/mol. The van der Waals surface area contributed by atoms with Crippen LogP contribution in [0.1, 0.15) is 25.3 Å². The highest BCUT2D eigenvalue weighted by molar-refractivity contribution is 5.80. The molecular weight excluding hydrogens is 340 g/mol. The van der Waals surface area contributed by atoms with Crippen LogP contribution in [0.4, 0.5) is 5.82 Å². The molecule has 0 saturated carbocycles. The molecule has 1 atom stereocenters. The summed E-state index contributed by atoms with van der Waals surface area (Å²) in [5.74, 6) is 1.61. The lowest BCUT2D eigenvalue weighted by Gasteiger charge is -2.46. The Hall–Kier alpha value is -2.60. The lowest BCUT2D eigenvalue weighted by molar-refractivity contribution is 0.316. The Morgan fingerprint density at radius 3 is 3.11 bits per heavy atom. The first-order chi connectivity index (χ1) is 13.2. The summed E-state index contributed by atoms with van der Waals surface area (Å²) in [6.45, 7) is 5.06. The maximum absolute atomic E-state index is 5.68. The Balaban J connectivity index is 1.50. The van der Waals surface area contributed by atoms with Gasteiger partial charge in [-0.05, 0) is 37.8 Å². The molecule has 6 nitrogen and oxygen atoms in total. The van der Waals surface area contributed by atoms with Gasteiger partial charge in [-0.2, -0.15) is 0 Å². The van der Waals surface area contributed by atoms with Crippen LogP contribution in [0.3, 0.4) is 0 Å². The van der Waals surface area contributed by atoms with Crippen LogP contribution in [-0.2, 0) is 6.42 Å². The fourth-order valence-electron chi connectivity index (χ4n) is 4.04. The molecule has 0 bridgehead atoms. The Morgan fingerprint density at radius 1 is 1.33 bits per heavy atom. The van der Waals surface area contributed by atoms with E-state index in [1.54, 1.807) is 19.6 Å². The summed E-state index contributed by atoms with van der Waals surface area (Å²) < 4.78 is 11.2. The molecule has 1 N–H and O–H groups in total. The second kappa shape index (κ2) is 7.56. The average Bonchev–Trinajstić information content (AvgIpc) is 3.11. The van der Waals surface area contributed by atoms with Gasteiger partial charge in [0.1, 0.15) is 11.9 Å². The number of methoxy groups -OCH3 is 1. The van der Waals surface area contributed by atoms with Crippen LogP contribution in [-0.4, -0.2) is 42.3 Å². The molecule has 0 amide bonds. The smallest absolute Gasteiger partial charge is 0.179 e. The number of hydrogen-bond donors (Lipinski definition) is 1. The zero-order valence-electron chi connectivity index (χ0n) is 15.9. The van der Waals surface area contributed by atoms with E-state index < -0.39 is 0 Å². The quantitative estimate of drug-likeness (QED) is 0.721. The number of hydrogen-bond acceptors (Lipinski definition) is 6. The molecule has 3 aromatic rings. The molecule has 1 aliphatic rings. The number of benzene rings is 1. The van der Waals surface area contributed by atoms with E-state index in [-0.39, 0.29) is 5.54 Å². The second-order valence-electron chi connectivity index (χ2n) is 7.35. The predicted molar refractivity (Wildman–Crippen MR) is 106 cm³/mol. The van der Waals surface area contributed by atoms with E-state index in [4.69, 9.17) is 9.15 Å². The minimum atomic E-state index is -0.0284. The van der Waals surface area contributed by atoms with Crippen molar-refractivity contribution in [2.75, 3.05) is 31.6 Å². The van der Waals surface area contributed by atoms with Gasteiger partial charge in [-0.25, -0.2) is 9.97 Å². The zero-order valence-corrected chi connectivity index (χ0v) is 15.9. The summed E-state index contributed by atoms with van der Waals surface area (Å²) in [6.07, 6.45) is 8.36. The SMILES string of the molecule is COc1cncnc1N1CCNCC1(C)CCCc1coc2ccccc12. The number of rotatable bonds is 6. The highest BCUT2D eigenvalue weighted by Crippen LogP contribution is 2.34. The molecule has 142 valence electrons. The molecule has 1 aliphatic heterocycles. The highest BCUT2D eigenvalue weighted by atomic mass is 16.5. The first kappa shape index (κ1) is 17.8. The zero-order chi connectivity index (χ0) is 18.7. The maximum atomic E-state index is 5.68. The van der Waals surface area contributed by atoms with Crippen LogP contribution < -0.4 is 15.0 Å². The van der Waals surface area contributed by atoms with Gasteiger partial charge in [0.05, 0.1) is 25.1 Å². The first-order valence-corrected chi connectivity index (χ1v) is 9.49. The predicted octanol–water partition coefficient (Wildman–Crippen LogP) is 3.42. The Labute approximate surface area is 159 Å². The van der Waals surface area contributed by atoms with Crippen LogP contribution >= 0.6 is 0 Å². The van der Waals surface area contributed by atoms with E-state index in [1.807, 2.05) is 18.4 Å². The van der Waals surface area contributed by atoms with E-state index in [2.05, 4.69) is 39.2 Å². The van der Waals surface area contributed by atoms with Gasteiger partial charge in [-0.1, -0.05) is 18.2 Å². The highest BCUT2D eigenvalue weighted by Gasteiger charge is 2.36. The fourth-order valence-corrected chi connectivity index (χ4v) is 4.04. The second-order valence-corrected chi connectivity index (χ2v) is 7.35. The van der Waals surface area contributed by atoms with Gasteiger partial charge in [-0.3, -0.25) is 0 Å². The fraction of sp³-hybridized carbons (Fsp3) is 0.429. The summed E-state index contributed by atoms with van der Waals surface area (Å²) in [6, 6.07) is 8.23. The number of piperazine rings is 1. The van der Waals surface area contributed by atoms with E-state index in [1.165, 1.54) is 10.9 Å². The standard InChI is InChI=1S/C21H26N4O2/c1-21(9-5-6-16-13-27-18-8-4-3-7-17(16)18)14-22-10-11-25(21)20-19(26-2)12-23-15-24-20/h3-4,7-8,12-13,15,22H,5-6,9-11,14H2,1-2H3. The van der Waals surface area contributed by atoms with Crippen LogP contribution in [0.5, 0.6) is 5.75 Å². The summed E-state index contributed by atoms with van der Waals surface area (Å²) >= 11 is 0. The van der Waals surface area contributed by atoms with Crippen molar-refractivity contribution in [2.24, 2.45) is 0 Å². The first-order valence-electron chi connectivity index (χ1n) is 9.49. The molecule has 27 heavy (non-hydrogen) atoms. The summed E-state index contributed by atoms with van der Waals surface area (Å²) in [7, 11) is 1.67. The molecule has 2 aromatic heterocycles. The van der Waals surface area contributed by atoms with Crippen molar-refractivity contribution in [1.82, 2.24) is 15.3 Å². The van der Waals surface area contributed by atoms with Crippen LogP contribution in [0.15, 0.2) is 47.5 Å². The molecule has 6 heteroatoms. The normalized spacial score (nSPS) is 20.1. The van der Waals surface area contributed by atoms with Crippen molar-refractivity contribution >= 4 is 16.8 Å². The monoisotopic (exact) mass is 366 g/mol. The van der Waals surface area contributed by atoms with Gasteiger partial charge in [0.2, 0.25) is 0 Å². The molecule has 1 fully saturated rings. The third kappa shape index (κ3) is 3.49. The molecule has 4 rings (SSSR count). The summed E-state index contributed by atoms with van der Waals surface area (Å²) in [5.41, 5.74) is 2.22. The van der Waals surface area contributed by atoms with E-state index in [9.17, 15) is 0 Å². The molecule has 0 spiro atoms. The molecule has 1 saturated heterocycles. The molecule has 1 unspecified atom stereocenters. The topological polar surface area (TPSA) is 63.4 Å². The number of aromatic nitrogens is 2. The molecule has 0 aliphatic carbocycles. The van der Waals surface area contributed by atoms with Gasteiger partial charge in [0.25, 0.3) is 0 Å². The summed E-state index contributed by atoms with van der Waals surface area (Å²) in [4.78, 5) is 11.0. The van der Waals surface area contributed by atoms with Gasteiger partial charge < -0.3 is 19.4 Å². The third-order valence-corrected chi connectivity index (χ3v) is 5.53. The molecular formula is C21H26N4O2. The molecule has 3 heterocycles. The van der Waals surface area contributed by atoms with Crippen molar-refractivity contribution in [3.63, 3.8) is 0 Å². The van der Waals surface area contributed by atoms with Crippen LogP contribution in [0.2, 0.25) is 0 Å². The number of furan rings is 1. The minimum Gasteiger partial charge on any atom is -0.491 e. The van der Waals surface area contributed by atoms with E-state index >= 15 is 0 Å². The number of anilines is 1. The lowest BCUT2D eigenvalue weighted by atomic mass is 9.89.